The van der Waals surface area contributed by atoms with Crippen LogP contribution >= 0.6 is 0 Å². The molecule has 2 N–H and O–H groups in total. The van der Waals surface area contributed by atoms with Gasteiger partial charge >= 0.3 is 5.97 Å². The number of carbonyl (C=O) groups excluding carboxylic acids is 1. The lowest BCUT2D eigenvalue weighted by Gasteiger charge is -2.14. The molecule has 6 heteroatoms. The van der Waals surface area contributed by atoms with E-state index in [1.807, 2.05) is 0 Å². The Kier molecular flexibility index (Phi) is 5.25. The van der Waals surface area contributed by atoms with Gasteiger partial charge < -0.3 is 15.1 Å². The summed E-state index contributed by atoms with van der Waals surface area (Å²) < 4.78 is 0. The molecule has 1 aliphatic heterocycles. The van der Waals surface area contributed by atoms with Crippen molar-refractivity contribution in [2.45, 2.75) is 20.1 Å². The molecule has 1 heterocycles. The van der Waals surface area contributed by atoms with Gasteiger partial charge in [0.05, 0.1) is 6.34 Å². The average molecular weight is 214 g/mol. The summed E-state index contributed by atoms with van der Waals surface area (Å²) in [6, 6.07) is 0. The lowest BCUT2D eigenvalue weighted by atomic mass is 10.4. The van der Waals surface area contributed by atoms with Gasteiger partial charge in [0.2, 0.25) is 0 Å². The maximum absolute atomic E-state index is 10.4. The number of rotatable bonds is 2. The normalized spacial score (nSPS) is 15.7. The highest BCUT2D eigenvalue weighted by molar-refractivity contribution is 5.92. The first-order valence-electron chi connectivity index (χ1n) is 4.24. The van der Waals surface area contributed by atoms with Gasteiger partial charge in [-0.1, -0.05) is 6.58 Å². The minimum Gasteiger partial charge on any atom is -0.478 e. The molecule has 84 valence electrons. The van der Waals surface area contributed by atoms with Crippen LogP contribution < -0.4 is 0 Å². The van der Waals surface area contributed by atoms with Crippen molar-refractivity contribution in [3.63, 3.8) is 0 Å². The molecule has 0 aromatic heterocycles. The third-order valence-corrected chi connectivity index (χ3v) is 1.51. The van der Waals surface area contributed by atoms with Crippen LogP contribution in [-0.2, 0) is 9.59 Å². The molecule has 0 aromatic rings. The number of carbonyl (C=O) groups is 2. The Morgan fingerprint density at radius 2 is 2.20 bits per heavy atom. The van der Waals surface area contributed by atoms with E-state index in [0.29, 0.717) is 0 Å². The van der Waals surface area contributed by atoms with Crippen LogP contribution in [0.15, 0.2) is 17.1 Å². The van der Waals surface area contributed by atoms with Gasteiger partial charge in [0, 0.05) is 5.57 Å². The molecule has 0 bridgehead atoms. The Hall–Kier alpha value is -1.69. The fourth-order valence-electron chi connectivity index (χ4n) is 0.605. The van der Waals surface area contributed by atoms with Crippen LogP contribution in [0.3, 0.4) is 0 Å². The molecule has 0 spiro atoms. The Labute approximate surface area is 87.5 Å². The summed E-state index contributed by atoms with van der Waals surface area (Å²) in [5.74, 6) is -1.13. The lowest BCUT2D eigenvalue weighted by molar-refractivity contribution is -0.132. The topological polar surface area (TPSA) is 90.2 Å². The zero-order chi connectivity index (χ0) is 12.0. The Balaban J connectivity index is 0.000000288. The van der Waals surface area contributed by atoms with E-state index in [4.69, 9.17) is 10.2 Å². The zero-order valence-electron chi connectivity index (χ0n) is 8.67. The molecular formula is C9H14N2O4. The van der Waals surface area contributed by atoms with E-state index < -0.39 is 12.2 Å². The van der Waals surface area contributed by atoms with Crippen molar-refractivity contribution in [1.29, 1.82) is 0 Å². The van der Waals surface area contributed by atoms with Gasteiger partial charge in [-0.05, 0) is 13.8 Å². The summed E-state index contributed by atoms with van der Waals surface area (Å²) in [6.45, 7) is 6.40. The highest BCUT2D eigenvalue weighted by Gasteiger charge is 2.16. The van der Waals surface area contributed by atoms with Crippen molar-refractivity contribution < 1.29 is 19.8 Å². The van der Waals surface area contributed by atoms with E-state index in [2.05, 4.69) is 11.6 Å². The molecule has 1 rings (SSSR count). The molecular weight excluding hydrogens is 200 g/mol. The number of aliphatic hydroxyl groups is 1. The first kappa shape index (κ1) is 13.3. The van der Waals surface area contributed by atoms with Crippen LogP contribution in [0.4, 0.5) is 0 Å². The van der Waals surface area contributed by atoms with Gasteiger partial charge in [-0.25, -0.2) is 9.79 Å². The van der Waals surface area contributed by atoms with E-state index >= 15 is 0 Å². The molecule has 0 aromatic carbocycles. The second-order valence-corrected chi connectivity index (χ2v) is 3.03. The SMILES string of the molecule is C=C(C)C(=O)O.CC(O)N1C=NC(=O)C1. The van der Waals surface area contributed by atoms with Gasteiger partial charge in [0.25, 0.3) is 5.91 Å². The fourth-order valence-corrected chi connectivity index (χ4v) is 0.605. The lowest BCUT2D eigenvalue weighted by Crippen LogP contribution is -2.30. The van der Waals surface area contributed by atoms with Gasteiger partial charge in [-0.15, -0.1) is 0 Å². The first-order valence-corrected chi connectivity index (χ1v) is 4.24. The minimum absolute atomic E-state index is 0.176. The molecule has 15 heavy (non-hydrogen) atoms. The summed E-state index contributed by atoms with van der Waals surface area (Å²) >= 11 is 0. The molecule has 0 aliphatic carbocycles. The van der Waals surface area contributed by atoms with E-state index in [1.165, 1.54) is 18.2 Å². The van der Waals surface area contributed by atoms with Gasteiger partial charge in [0.15, 0.2) is 0 Å². The van der Waals surface area contributed by atoms with E-state index in [0.717, 1.165) is 0 Å². The van der Waals surface area contributed by atoms with Crippen LogP contribution in [0.5, 0.6) is 0 Å². The number of aliphatic hydroxyl groups excluding tert-OH is 1. The van der Waals surface area contributed by atoms with Crippen LogP contribution in [0.25, 0.3) is 0 Å². The molecule has 0 radical (unpaired) electrons. The zero-order valence-corrected chi connectivity index (χ0v) is 8.67. The van der Waals surface area contributed by atoms with Crippen LogP contribution in [0.2, 0.25) is 0 Å². The standard InChI is InChI=1S/C5H8N2O2.C4H6O2/c1-4(8)7-2-5(9)6-3-7;1-3(2)4(5)6/h3-4,8H,2H2,1H3;1H2,2H3,(H,5,6). The van der Waals surface area contributed by atoms with E-state index in [1.54, 1.807) is 6.92 Å². The van der Waals surface area contributed by atoms with Crippen molar-refractivity contribution in [3.05, 3.63) is 12.2 Å². The Bertz CT molecular complexity index is 284. The fraction of sp³-hybridized carbons (Fsp3) is 0.444. The summed E-state index contributed by atoms with van der Waals surface area (Å²) in [7, 11) is 0. The van der Waals surface area contributed by atoms with E-state index in [-0.39, 0.29) is 18.0 Å². The largest absolute Gasteiger partial charge is 0.478 e. The smallest absolute Gasteiger partial charge is 0.330 e. The highest BCUT2D eigenvalue weighted by Crippen LogP contribution is 1.98. The van der Waals surface area contributed by atoms with Crippen molar-refractivity contribution in [1.82, 2.24) is 4.90 Å². The van der Waals surface area contributed by atoms with Gasteiger partial charge in [-0.2, -0.15) is 0 Å². The quantitative estimate of drug-likeness (QED) is 0.623. The second kappa shape index (κ2) is 5.92. The van der Waals surface area contributed by atoms with Crippen molar-refractivity contribution in [3.8, 4) is 0 Å². The summed E-state index contributed by atoms with van der Waals surface area (Å²) in [5, 5.41) is 16.7. The first-order chi connectivity index (χ1) is 6.84. The minimum atomic E-state index is -0.935. The summed E-state index contributed by atoms with van der Waals surface area (Å²) in [6.07, 6.45) is 0.743. The molecule has 1 atom stereocenters. The molecule has 0 saturated heterocycles. The number of carboxylic acids is 1. The number of hydrogen-bond acceptors (Lipinski definition) is 4. The van der Waals surface area contributed by atoms with Crippen LogP contribution in [0, 0.1) is 0 Å². The summed E-state index contributed by atoms with van der Waals surface area (Å²) in [5.41, 5.74) is 0.176. The number of aliphatic carboxylic acids is 1. The van der Waals surface area contributed by atoms with Gasteiger partial charge in [0.1, 0.15) is 12.8 Å². The van der Waals surface area contributed by atoms with Crippen LogP contribution in [-0.4, -0.2) is 46.1 Å². The van der Waals surface area contributed by atoms with E-state index in [9.17, 15) is 9.59 Å². The monoisotopic (exact) mass is 214 g/mol. The van der Waals surface area contributed by atoms with Crippen molar-refractivity contribution in [2.75, 3.05) is 6.54 Å². The maximum atomic E-state index is 10.4. The summed E-state index contributed by atoms with van der Waals surface area (Å²) in [4.78, 5) is 24.9. The number of carboxylic acid groups (broad SMARTS) is 1. The molecule has 6 nitrogen and oxygen atoms in total. The predicted molar refractivity (Wildman–Crippen MR) is 54.3 cm³/mol. The van der Waals surface area contributed by atoms with Crippen molar-refractivity contribution >= 4 is 18.2 Å². The molecule has 0 fully saturated rings. The second-order valence-electron chi connectivity index (χ2n) is 3.03. The number of aliphatic imine (C=N–C) groups is 1. The average Bonchev–Trinajstić information content (AvgIpc) is 2.52. The maximum Gasteiger partial charge on any atom is 0.330 e. The number of amides is 1. The predicted octanol–water partition coefficient (Wildman–Crippen LogP) is -0.158. The Morgan fingerprint density at radius 3 is 2.33 bits per heavy atom. The number of nitrogens with zero attached hydrogens (tertiary/aromatic N) is 2. The molecule has 1 unspecified atom stereocenters. The number of hydrogen-bond donors (Lipinski definition) is 2. The van der Waals surface area contributed by atoms with Crippen LogP contribution in [0.1, 0.15) is 13.8 Å². The van der Waals surface area contributed by atoms with Crippen molar-refractivity contribution in [2.24, 2.45) is 4.99 Å². The Morgan fingerprint density at radius 1 is 1.73 bits per heavy atom. The third kappa shape index (κ3) is 5.58. The highest BCUT2D eigenvalue weighted by atomic mass is 16.4. The molecule has 1 aliphatic rings. The third-order valence-electron chi connectivity index (χ3n) is 1.51. The molecule has 1 amide bonds. The van der Waals surface area contributed by atoms with Gasteiger partial charge in [-0.3, -0.25) is 4.79 Å². The molecule has 0 saturated carbocycles.